The minimum Gasteiger partial charge on any atom is -0.355 e. The van der Waals surface area contributed by atoms with E-state index < -0.39 is 0 Å². The quantitative estimate of drug-likeness (QED) is 0.690. The molecule has 0 aliphatic heterocycles. The van der Waals surface area contributed by atoms with E-state index in [9.17, 15) is 9.59 Å². The van der Waals surface area contributed by atoms with Gasteiger partial charge in [0.05, 0.1) is 5.69 Å². The lowest BCUT2D eigenvalue weighted by Gasteiger charge is -2.25. The predicted molar refractivity (Wildman–Crippen MR) is 112 cm³/mol. The molecule has 6 nitrogen and oxygen atoms in total. The highest BCUT2D eigenvalue weighted by atomic mass is 16.1. The van der Waals surface area contributed by atoms with Crippen molar-refractivity contribution < 1.29 is 4.79 Å². The third-order valence-electron chi connectivity index (χ3n) is 5.44. The minimum atomic E-state index is -0.157. The van der Waals surface area contributed by atoms with Crippen LogP contribution in [-0.2, 0) is 23.7 Å². The summed E-state index contributed by atoms with van der Waals surface area (Å²) in [4.78, 5) is 27.8. The number of aromatic nitrogens is 3. The van der Waals surface area contributed by atoms with Crippen LogP contribution in [0.3, 0.4) is 0 Å². The molecule has 0 bridgehead atoms. The molecular formula is C22H28N4O2. The van der Waals surface area contributed by atoms with E-state index in [0.717, 1.165) is 22.3 Å². The number of aryl methyl sites for hydroxylation is 3. The first-order valence-electron chi connectivity index (χ1n) is 9.58. The number of carbonyl (C=O) groups is 1. The molecular weight excluding hydrogens is 352 g/mol. The van der Waals surface area contributed by atoms with Crippen molar-refractivity contribution in [2.45, 2.75) is 46.0 Å². The first-order valence-corrected chi connectivity index (χ1v) is 9.58. The fourth-order valence-electron chi connectivity index (χ4n) is 3.69. The Labute approximate surface area is 165 Å². The summed E-state index contributed by atoms with van der Waals surface area (Å²) in [5.41, 5.74) is 4.03. The van der Waals surface area contributed by atoms with E-state index in [1.165, 1.54) is 5.56 Å². The smallest absolute Gasteiger partial charge is 0.253 e. The summed E-state index contributed by atoms with van der Waals surface area (Å²) in [7, 11) is 1.81. The van der Waals surface area contributed by atoms with E-state index in [1.807, 2.05) is 39.1 Å². The first kappa shape index (κ1) is 19.9. The monoisotopic (exact) mass is 380 g/mol. The molecule has 1 amide bonds. The van der Waals surface area contributed by atoms with Crippen LogP contribution in [0.5, 0.6) is 0 Å². The van der Waals surface area contributed by atoms with Crippen LogP contribution in [0.4, 0.5) is 0 Å². The van der Waals surface area contributed by atoms with Gasteiger partial charge in [-0.05, 0) is 31.4 Å². The maximum absolute atomic E-state index is 12.5. The van der Waals surface area contributed by atoms with Crippen molar-refractivity contribution in [3.05, 3.63) is 63.1 Å². The van der Waals surface area contributed by atoms with Gasteiger partial charge in [-0.15, -0.1) is 0 Å². The molecule has 28 heavy (non-hydrogen) atoms. The van der Waals surface area contributed by atoms with E-state index in [-0.39, 0.29) is 23.3 Å². The average molecular weight is 380 g/mol. The number of fused-ring (bicyclic) bond motifs is 1. The van der Waals surface area contributed by atoms with Crippen LogP contribution in [0.2, 0.25) is 0 Å². The van der Waals surface area contributed by atoms with Crippen LogP contribution in [0.1, 0.15) is 42.7 Å². The van der Waals surface area contributed by atoms with Crippen LogP contribution in [-0.4, -0.2) is 27.2 Å². The maximum Gasteiger partial charge on any atom is 0.253 e. The second kappa shape index (κ2) is 7.62. The molecule has 0 saturated carbocycles. The van der Waals surface area contributed by atoms with Gasteiger partial charge in [-0.2, -0.15) is 5.10 Å². The molecule has 148 valence electrons. The van der Waals surface area contributed by atoms with Crippen molar-refractivity contribution in [3.8, 4) is 0 Å². The second-order valence-electron chi connectivity index (χ2n) is 8.02. The first-order chi connectivity index (χ1) is 13.2. The van der Waals surface area contributed by atoms with Gasteiger partial charge in [-0.25, -0.2) is 0 Å². The lowest BCUT2D eigenvalue weighted by molar-refractivity contribution is -0.121. The Morgan fingerprint density at radius 1 is 1.21 bits per heavy atom. The Bertz CT molecular complexity index is 1060. The second-order valence-corrected chi connectivity index (χ2v) is 8.02. The van der Waals surface area contributed by atoms with Crippen LogP contribution >= 0.6 is 0 Å². The number of hydrogen-bond acceptors (Lipinski definition) is 3. The van der Waals surface area contributed by atoms with E-state index in [2.05, 4.69) is 41.4 Å². The molecule has 0 atom stereocenters. The molecule has 3 rings (SSSR count). The molecule has 2 aromatic heterocycles. The number of nitrogens with one attached hydrogen (secondary N) is 2. The van der Waals surface area contributed by atoms with Crippen LogP contribution in [0, 0.1) is 13.8 Å². The van der Waals surface area contributed by atoms with Crippen LogP contribution < -0.4 is 10.9 Å². The third kappa shape index (κ3) is 3.86. The zero-order chi connectivity index (χ0) is 20.5. The largest absolute Gasteiger partial charge is 0.355 e. The average Bonchev–Trinajstić information content (AvgIpc) is 2.94. The van der Waals surface area contributed by atoms with Gasteiger partial charge < -0.3 is 10.3 Å². The molecule has 0 aliphatic rings. The van der Waals surface area contributed by atoms with Gasteiger partial charge in [-0.1, -0.05) is 44.2 Å². The van der Waals surface area contributed by atoms with Crippen LogP contribution in [0.15, 0.2) is 35.1 Å². The van der Waals surface area contributed by atoms with Crippen molar-refractivity contribution in [2.75, 3.05) is 6.54 Å². The van der Waals surface area contributed by atoms with Gasteiger partial charge in [0, 0.05) is 36.4 Å². The Morgan fingerprint density at radius 3 is 2.57 bits per heavy atom. The van der Waals surface area contributed by atoms with Gasteiger partial charge >= 0.3 is 0 Å². The van der Waals surface area contributed by atoms with Crippen molar-refractivity contribution in [1.82, 2.24) is 20.1 Å². The predicted octanol–water partition coefficient (Wildman–Crippen LogP) is 2.91. The van der Waals surface area contributed by atoms with E-state index in [1.54, 1.807) is 4.68 Å². The van der Waals surface area contributed by atoms with Crippen molar-refractivity contribution >= 4 is 16.9 Å². The van der Waals surface area contributed by atoms with Gasteiger partial charge in [-0.3, -0.25) is 14.3 Å². The molecule has 0 spiro atoms. The van der Waals surface area contributed by atoms with Gasteiger partial charge in [0.1, 0.15) is 5.65 Å². The fraction of sp³-hybridized carbons (Fsp3) is 0.409. The standard InChI is InChI=1S/C22H28N4O2/c1-14-17(21(28)24-20-19(14)15(2)25-26(20)5)11-12-18(27)23-13-22(3,4)16-9-7-6-8-10-16/h6-10H,11-13H2,1-5H3,(H,23,27)(H,24,28). The van der Waals surface area contributed by atoms with E-state index >= 15 is 0 Å². The lowest BCUT2D eigenvalue weighted by Crippen LogP contribution is -2.37. The molecule has 0 aliphatic carbocycles. The molecule has 3 aromatic rings. The highest BCUT2D eigenvalue weighted by Crippen LogP contribution is 2.22. The number of carbonyl (C=O) groups excluding carboxylic acids is 1. The molecule has 0 unspecified atom stereocenters. The number of benzene rings is 1. The summed E-state index contributed by atoms with van der Waals surface area (Å²) in [6, 6.07) is 10.1. The Kier molecular flexibility index (Phi) is 5.40. The summed E-state index contributed by atoms with van der Waals surface area (Å²) in [6.45, 7) is 8.62. The highest BCUT2D eigenvalue weighted by Gasteiger charge is 2.21. The number of amides is 1. The van der Waals surface area contributed by atoms with Gasteiger partial charge in [0.25, 0.3) is 5.56 Å². The zero-order valence-electron chi connectivity index (χ0n) is 17.2. The Balaban J connectivity index is 1.68. The number of H-pyrrole nitrogens is 1. The number of rotatable bonds is 6. The molecule has 6 heteroatoms. The fourth-order valence-corrected chi connectivity index (χ4v) is 3.69. The number of aromatic amines is 1. The summed E-state index contributed by atoms with van der Waals surface area (Å²) in [5, 5.41) is 8.36. The molecule has 0 radical (unpaired) electrons. The third-order valence-corrected chi connectivity index (χ3v) is 5.44. The van der Waals surface area contributed by atoms with Crippen molar-refractivity contribution in [3.63, 3.8) is 0 Å². The van der Waals surface area contributed by atoms with Crippen molar-refractivity contribution in [2.24, 2.45) is 7.05 Å². The molecule has 1 aromatic carbocycles. The summed E-state index contributed by atoms with van der Waals surface area (Å²) >= 11 is 0. The number of pyridine rings is 1. The highest BCUT2D eigenvalue weighted by molar-refractivity contribution is 5.83. The maximum atomic E-state index is 12.5. The summed E-state index contributed by atoms with van der Waals surface area (Å²) in [5.74, 6) is -0.0502. The van der Waals surface area contributed by atoms with Crippen molar-refractivity contribution in [1.29, 1.82) is 0 Å². The molecule has 0 fully saturated rings. The van der Waals surface area contributed by atoms with Crippen LogP contribution in [0.25, 0.3) is 11.0 Å². The SMILES string of the molecule is Cc1nn(C)c2[nH]c(=O)c(CCC(=O)NCC(C)(C)c3ccccc3)c(C)c12. The molecule has 2 heterocycles. The van der Waals surface area contributed by atoms with Gasteiger partial charge in [0.15, 0.2) is 0 Å². The normalized spacial score (nSPS) is 11.8. The minimum absolute atomic E-state index is 0.0502. The summed E-state index contributed by atoms with van der Waals surface area (Å²) < 4.78 is 1.68. The Hall–Kier alpha value is -2.89. The zero-order valence-corrected chi connectivity index (χ0v) is 17.2. The molecule has 2 N–H and O–H groups in total. The van der Waals surface area contributed by atoms with E-state index in [4.69, 9.17) is 0 Å². The lowest BCUT2D eigenvalue weighted by atomic mass is 9.84. The topological polar surface area (TPSA) is 79.8 Å². The van der Waals surface area contributed by atoms with Gasteiger partial charge in [0.2, 0.25) is 5.91 Å². The Morgan fingerprint density at radius 2 is 1.89 bits per heavy atom. The number of nitrogens with zero attached hydrogens (tertiary/aromatic N) is 2. The summed E-state index contributed by atoms with van der Waals surface area (Å²) in [6.07, 6.45) is 0.683. The molecule has 0 saturated heterocycles. The number of hydrogen-bond donors (Lipinski definition) is 2. The van der Waals surface area contributed by atoms with E-state index in [0.29, 0.717) is 18.5 Å².